The van der Waals surface area contributed by atoms with E-state index in [9.17, 15) is 4.79 Å². The maximum Gasteiger partial charge on any atom is 0.317 e. The Kier molecular flexibility index (Phi) is 6.10. The topological polar surface area (TPSA) is 54.0 Å². The Morgan fingerprint density at radius 3 is 2.35 bits per heavy atom. The number of carbonyl (C=O) groups is 1. The monoisotopic (exact) mass is 321 g/mol. The van der Waals surface area contributed by atoms with Gasteiger partial charge in [0.15, 0.2) is 11.5 Å². The normalized spacial score (nSPS) is 15.6. The van der Waals surface area contributed by atoms with Crippen molar-refractivity contribution in [2.45, 2.75) is 26.4 Å². The van der Waals surface area contributed by atoms with Crippen LogP contribution in [0, 0.1) is 0 Å². The summed E-state index contributed by atoms with van der Waals surface area (Å²) in [7, 11) is 3.21. The molecule has 1 saturated heterocycles. The van der Waals surface area contributed by atoms with Crippen LogP contribution in [-0.4, -0.2) is 62.3 Å². The van der Waals surface area contributed by atoms with Crippen LogP contribution in [0.4, 0.5) is 4.79 Å². The lowest BCUT2D eigenvalue weighted by Gasteiger charge is -2.36. The minimum Gasteiger partial charge on any atom is -0.493 e. The molecule has 0 bridgehead atoms. The van der Waals surface area contributed by atoms with Crippen molar-refractivity contribution < 1.29 is 14.3 Å². The molecule has 6 heteroatoms. The fourth-order valence-corrected chi connectivity index (χ4v) is 2.72. The van der Waals surface area contributed by atoms with Gasteiger partial charge in [-0.3, -0.25) is 4.90 Å². The lowest BCUT2D eigenvalue weighted by atomic mass is 10.2. The van der Waals surface area contributed by atoms with Crippen molar-refractivity contribution in [1.82, 2.24) is 15.1 Å². The molecule has 0 aromatic heterocycles. The molecule has 1 fully saturated rings. The predicted octanol–water partition coefficient (Wildman–Crippen LogP) is 1.94. The minimum atomic E-state index is -0.0109. The SMILES string of the molecule is COc1ccc(CNC(=O)N2CCN(C(C)C)CC2)cc1OC. The van der Waals surface area contributed by atoms with Gasteiger partial charge < -0.3 is 19.7 Å². The Morgan fingerprint density at radius 2 is 1.78 bits per heavy atom. The lowest BCUT2D eigenvalue weighted by molar-refractivity contribution is 0.119. The molecule has 23 heavy (non-hydrogen) atoms. The molecule has 0 atom stereocenters. The Hall–Kier alpha value is -1.95. The molecule has 1 N–H and O–H groups in total. The third-order valence-corrected chi connectivity index (χ3v) is 4.22. The van der Waals surface area contributed by atoms with Gasteiger partial charge >= 0.3 is 6.03 Å². The Bertz CT molecular complexity index is 526. The fourth-order valence-electron chi connectivity index (χ4n) is 2.72. The molecule has 1 aromatic carbocycles. The van der Waals surface area contributed by atoms with Crippen LogP contribution in [0.5, 0.6) is 11.5 Å². The maximum absolute atomic E-state index is 12.3. The molecule has 1 aliphatic rings. The summed E-state index contributed by atoms with van der Waals surface area (Å²) in [6.07, 6.45) is 0. The van der Waals surface area contributed by atoms with Crippen molar-refractivity contribution in [1.29, 1.82) is 0 Å². The van der Waals surface area contributed by atoms with E-state index in [2.05, 4.69) is 24.1 Å². The van der Waals surface area contributed by atoms with Gasteiger partial charge in [-0.15, -0.1) is 0 Å². The molecule has 1 aliphatic heterocycles. The largest absolute Gasteiger partial charge is 0.493 e. The number of hydrogen-bond acceptors (Lipinski definition) is 4. The van der Waals surface area contributed by atoms with Crippen molar-refractivity contribution in [3.05, 3.63) is 23.8 Å². The number of urea groups is 1. The quantitative estimate of drug-likeness (QED) is 0.900. The zero-order valence-corrected chi connectivity index (χ0v) is 14.5. The smallest absolute Gasteiger partial charge is 0.317 e. The molecular formula is C17H27N3O3. The summed E-state index contributed by atoms with van der Waals surface area (Å²) in [4.78, 5) is 16.5. The first-order valence-electron chi connectivity index (χ1n) is 8.03. The summed E-state index contributed by atoms with van der Waals surface area (Å²) in [5.41, 5.74) is 0.983. The average Bonchev–Trinajstić information content (AvgIpc) is 2.59. The number of methoxy groups -OCH3 is 2. The maximum atomic E-state index is 12.3. The van der Waals surface area contributed by atoms with E-state index < -0.39 is 0 Å². The summed E-state index contributed by atoms with van der Waals surface area (Å²) >= 11 is 0. The van der Waals surface area contributed by atoms with E-state index in [1.165, 1.54) is 0 Å². The average molecular weight is 321 g/mol. The van der Waals surface area contributed by atoms with Gasteiger partial charge in [0, 0.05) is 38.8 Å². The van der Waals surface area contributed by atoms with E-state index >= 15 is 0 Å². The van der Waals surface area contributed by atoms with E-state index in [-0.39, 0.29) is 6.03 Å². The van der Waals surface area contributed by atoms with Gasteiger partial charge in [-0.1, -0.05) is 6.07 Å². The van der Waals surface area contributed by atoms with Gasteiger partial charge in [-0.2, -0.15) is 0 Å². The standard InChI is InChI=1S/C17H27N3O3/c1-13(2)19-7-9-20(10-8-19)17(21)18-12-14-5-6-15(22-3)16(11-14)23-4/h5-6,11,13H,7-10,12H2,1-4H3,(H,18,21). The number of benzene rings is 1. The summed E-state index contributed by atoms with van der Waals surface area (Å²) in [6.45, 7) is 8.26. The van der Waals surface area contributed by atoms with Crippen LogP contribution in [0.2, 0.25) is 0 Å². The van der Waals surface area contributed by atoms with Gasteiger partial charge in [0.1, 0.15) is 0 Å². The lowest BCUT2D eigenvalue weighted by Crippen LogP contribution is -2.53. The van der Waals surface area contributed by atoms with Crippen molar-refractivity contribution in [2.75, 3.05) is 40.4 Å². The molecule has 128 valence electrons. The highest BCUT2D eigenvalue weighted by Gasteiger charge is 2.22. The second kappa shape index (κ2) is 8.06. The molecule has 1 aromatic rings. The molecule has 6 nitrogen and oxygen atoms in total. The third kappa shape index (κ3) is 4.51. The van der Waals surface area contributed by atoms with E-state index in [1.54, 1.807) is 14.2 Å². The summed E-state index contributed by atoms with van der Waals surface area (Å²) < 4.78 is 10.5. The highest BCUT2D eigenvalue weighted by Crippen LogP contribution is 2.27. The first kappa shape index (κ1) is 17.4. The van der Waals surface area contributed by atoms with E-state index in [0.29, 0.717) is 24.1 Å². The van der Waals surface area contributed by atoms with Gasteiger partial charge in [-0.05, 0) is 31.5 Å². The van der Waals surface area contributed by atoms with Gasteiger partial charge in [0.2, 0.25) is 0 Å². The van der Waals surface area contributed by atoms with Gasteiger partial charge in [0.25, 0.3) is 0 Å². The highest BCUT2D eigenvalue weighted by molar-refractivity contribution is 5.74. The molecule has 0 spiro atoms. The van der Waals surface area contributed by atoms with Crippen LogP contribution in [0.3, 0.4) is 0 Å². The summed E-state index contributed by atoms with van der Waals surface area (Å²) in [5.74, 6) is 1.36. The number of hydrogen-bond donors (Lipinski definition) is 1. The zero-order valence-electron chi connectivity index (χ0n) is 14.5. The van der Waals surface area contributed by atoms with Gasteiger partial charge in [0.05, 0.1) is 14.2 Å². The van der Waals surface area contributed by atoms with Crippen molar-refractivity contribution >= 4 is 6.03 Å². The molecule has 2 rings (SSSR count). The fraction of sp³-hybridized carbons (Fsp3) is 0.588. The first-order valence-corrected chi connectivity index (χ1v) is 8.03. The van der Waals surface area contributed by atoms with Crippen LogP contribution in [0.1, 0.15) is 19.4 Å². The zero-order chi connectivity index (χ0) is 16.8. The summed E-state index contributed by atoms with van der Waals surface area (Å²) in [5, 5.41) is 2.97. The number of piperazine rings is 1. The van der Waals surface area contributed by atoms with Gasteiger partial charge in [-0.25, -0.2) is 4.79 Å². The summed E-state index contributed by atoms with van der Waals surface area (Å²) in [6, 6.07) is 6.19. The minimum absolute atomic E-state index is 0.0109. The predicted molar refractivity (Wildman–Crippen MR) is 90.1 cm³/mol. The Balaban J connectivity index is 1.85. The number of amides is 2. The van der Waals surface area contributed by atoms with Crippen LogP contribution in [-0.2, 0) is 6.54 Å². The molecule has 0 saturated carbocycles. The molecule has 0 radical (unpaired) electrons. The highest BCUT2D eigenvalue weighted by atomic mass is 16.5. The van der Waals surface area contributed by atoms with Crippen LogP contribution in [0.15, 0.2) is 18.2 Å². The first-order chi connectivity index (χ1) is 11.0. The second-order valence-electron chi connectivity index (χ2n) is 5.96. The molecule has 0 aliphatic carbocycles. The van der Waals surface area contributed by atoms with Crippen molar-refractivity contribution in [2.24, 2.45) is 0 Å². The van der Waals surface area contributed by atoms with Crippen LogP contribution < -0.4 is 14.8 Å². The number of rotatable bonds is 5. The third-order valence-electron chi connectivity index (χ3n) is 4.22. The van der Waals surface area contributed by atoms with E-state index in [1.807, 2.05) is 23.1 Å². The number of nitrogens with one attached hydrogen (secondary N) is 1. The molecular weight excluding hydrogens is 294 g/mol. The van der Waals surface area contributed by atoms with E-state index in [0.717, 1.165) is 31.7 Å². The van der Waals surface area contributed by atoms with Crippen molar-refractivity contribution in [3.63, 3.8) is 0 Å². The van der Waals surface area contributed by atoms with Crippen LogP contribution in [0.25, 0.3) is 0 Å². The van der Waals surface area contributed by atoms with Crippen molar-refractivity contribution in [3.8, 4) is 11.5 Å². The molecule has 1 heterocycles. The Labute approximate surface area is 138 Å². The molecule has 2 amide bonds. The van der Waals surface area contributed by atoms with Crippen LogP contribution >= 0.6 is 0 Å². The number of nitrogens with zero attached hydrogens (tertiary/aromatic N) is 2. The number of ether oxygens (including phenoxy) is 2. The second-order valence-corrected chi connectivity index (χ2v) is 5.96. The molecule has 0 unspecified atom stereocenters. The van der Waals surface area contributed by atoms with E-state index in [4.69, 9.17) is 9.47 Å². The number of carbonyl (C=O) groups excluding carboxylic acids is 1. The Morgan fingerprint density at radius 1 is 1.13 bits per heavy atom.